The van der Waals surface area contributed by atoms with Crippen LogP contribution in [0.25, 0.3) is 0 Å². The van der Waals surface area contributed by atoms with Gasteiger partial charge < -0.3 is 19.7 Å². The van der Waals surface area contributed by atoms with Gasteiger partial charge in [0.25, 0.3) is 5.91 Å². The van der Waals surface area contributed by atoms with Crippen molar-refractivity contribution in [1.82, 2.24) is 15.5 Å². The quantitative estimate of drug-likeness (QED) is 0.762. The second-order valence-corrected chi connectivity index (χ2v) is 9.47. The number of piperidine rings is 1. The number of likely N-dealkylation sites (tertiary alicyclic amines) is 1. The van der Waals surface area contributed by atoms with Crippen LogP contribution >= 0.6 is 11.8 Å². The molecule has 2 N–H and O–H groups in total. The van der Waals surface area contributed by atoms with Gasteiger partial charge in [0.1, 0.15) is 0 Å². The Hall–Kier alpha value is -2.71. The van der Waals surface area contributed by atoms with E-state index in [0.29, 0.717) is 19.6 Å². The minimum Gasteiger partial charge on any atom is -0.454 e. The maximum Gasteiger partial charge on any atom is 0.253 e. The topological polar surface area (TPSA) is 79.9 Å². The van der Waals surface area contributed by atoms with Gasteiger partial charge in [-0.15, -0.1) is 11.8 Å². The highest BCUT2D eigenvalue weighted by atomic mass is 32.2. The van der Waals surface area contributed by atoms with Crippen molar-refractivity contribution in [3.8, 4) is 11.5 Å². The van der Waals surface area contributed by atoms with E-state index in [-0.39, 0.29) is 29.5 Å². The van der Waals surface area contributed by atoms with Crippen LogP contribution in [0.1, 0.15) is 28.8 Å². The molecule has 1 unspecified atom stereocenters. The van der Waals surface area contributed by atoms with E-state index in [9.17, 15) is 9.59 Å². The molecule has 31 heavy (non-hydrogen) atoms. The molecule has 1 spiro atoms. The smallest absolute Gasteiger partial charge is 0.253 e. The highest BCUT2D eigenvalue weighted by Crippen LogP contribution is 2.39. The predicted molar refractivity (Wildman–Crippen MR) is 118 cm³/mol. The molecule has 0 radical (unpaired) electrons. The van der Waals surface area contributed by atoms with Crippen molar-refractivity contribution in [3.05, 3.63) is 59.7 Å². The van der Waals surface area contributed by atoms with E-state index in [1.54, 1.807) is 11.8 Å². The molecule has 2 fully saturated rings. The second kappa shape index (κ2) is 8.43. The molecule has 2 aromatic carbocycles. The first-order valence-corrected chi connectivity index (χ1v) is 11.5. The van der Waals surface area contributed by atoms with Gasteiger partial charge in [0.15, 0.2) is 11.5 Å². The average Bonchev–Trinajstić information content (AvgIpc) is 3.45. The fraction of sp³-hybridized carbons (Fsp3) is 0.391. The van der Waals surface area contributed by atoms with E-state index >= 15 is 0 Å². The summed E-state index contributed by atoms with van der Waals surface area (Å²) < 4.78 is 10.7. The first kappa shape index (κ1) is 20.2. The molecule has 0 bridgehead atoms. The summed E-state index contributed by atoms with van der Waals surface area (Å²) in [7, 11) is 0. The van der Waals surface area contributed by atoms with Gasteiger partial charge >= 0.3 is 0 Å². The molecule has 0 saturated carbocycles. The molecule has 2 saturated heterocycles. The maximum absolute atomic E-state index is 12.7. The summed E-state index contributed by atoms with van der Waals surface area (Å²) in [6, 6.07) is 14.9. The van der Waals surface area contributed by atoms with Gasteiger partial charge in [0, 0.05) is 31.0 Å². The summed E-state index contributed by atoms with van der Waals surface area (Å²) in [6.07, 6.45) is 1.67. The molecule has 0 aliphatic carbocycles. The zero-order chi connectivity index (χ0) is 21.3. The fourth-order valence-corrected chi connectivity index (χ4v) is 5.69. The van der Waals surface area contributed by atoms with Crippen molar-refractivity contribution in [2.75, 3.05) is 25.6 Å². The molecule has 2 amide bonds. The lowest BCUT2D eigenvalue weighted by Crippen LogP contribution is -2.54. The number of fused-ring (bicyclic) bond motifs is 1. The molecule has 162 valence electrons. The third-order valence-corrected chi connectivity index (χ3v) is 7.64. The van der Waals surface area contributed by atoms with E-state index in [1.807, 2.05) is 53.4 Å². The van der Waals surface area contributed by atoms with Crippen LogP contribution in [0.15, 0.2) is 48.5 Å². The Morgan fingerprint density at radius 2 is 1.87 bits per heavy atom. The zero-order valence-electron chi connectivity index (χ0n) is 17.1. The predicted octanol–water partition coefficient (Wildman–Crippen LogP) is 2.37. The van der Waals surface area contributed by atoms with Crippen LogP contribution in [-0.4, -0.2) is 53.3 Å². The van der Waals surface area contributed by atoms with Crippen molar-refractivity contribution in [2.45, 2.75) is 30.3 Å². The van der Waals surface area contributed by atoms with Gasteiger partial charge in [-0.05, 0) is 42.7 Å². The summed E-state index contributed by atoms with van der Waals surface area (Å²) in [6.45, 7) is 2.08. The highest BCUT2D eigenvalue weighted by molar-refractivity contribution is 8.01. The van der Waals surface area contributed by atoms with Gasteiger partial charge in [-0.25, -0.2) is 0 Å². The van der Waals surface area contributed by atoms with Gasteiger partial charge in [0.05, 0.1) is 10.9 Å². The number of thioether (sulfide) groups is 1. The summed E-state index contributed by atoms with van der Waals surface area (Å²) in [5, 5.41) is 6.58. The standard InChI is InChI=1S/C23H25N3O4S/c27-21(24-13-16-6-7-19-20(12-16)30-15-29-19)18-14-31-23(25-18)8-10-26(11-9-23)22(28)17-4-2-1-3-5-17/h1-7,12,18,25H,8-11,13-15H2,(H,24,27). The molecular formula is C23H25N3O4S. The minimum atomic E-state index is -0.226. The van der Waals surface area contributed by atoms with Crippen LogP contribution in [0.2, 0.25) is 0 Å². The number of rotatable bonds is 4. The molecule has 3 heterocycles. The van der Waals surface area contributed by atoms with Crippen LogP contribution in [-0.2, 0) is 11.3 Å². The fourth-order valence-electron chi connectivity index (χ4n) is 4.27. The normalized spacial score (nSPS) is 21.3. The van der Waals surface area contributed by atoms with Crippen molar-refractivity contribution in [1.29, 1.82) is 0 Å². The third-order valence-electron chi connectivity index (χ3n) is 6.06. The molecule has 2 aromatic rings. The van der Waals surface area contributed by atoms with Crippen LogP contribution in [0, 0.1) is 0 Å². The van der Waals surface area contributed by atoms with E-state index in [1.165, 1.54) is 0 Å². The molecular weight excluding hydrogens is 414 g/mol. The Bertz CT molecular complexity index is 976. The zero-order valence-corrected chi connectivity index (χ0v) is 18.0. The number of ether oxygens (including phenoxy) is 2. The lowest BCUT2D eigenvalue weighted by atomic mass is 10.0. The Morgan fingerprint density at radius 1 is 1.10 bits per heavy atom. The van der Waals surface area contributed by atoms with Crippen LogP contribution < -0.4 is 20.1 Å². The lowest BCUT2D eigenvalue weighted by Gasteiger charge is -2.39. The summed E-state index contributed by atoms with van der Waals surface area (Å²) in [5.41, 5.74) is 1.71. The summed E-state index contributed by atoms with van der Waals surface area (Å²) in [4.78, 5) is 27.2. The molecule has 8 heteroatoms. The first-order valence-electron chi connectivity index (χ1n) is 10.5. The van der Waals surface area contributed by atoms with Crippen LogP contribution in [0.4, 0.5) is 0 Å². The molecule has 3 aliphatic rings. The van der Waals surface area contributed by atoms with Crippen molar-refractivity contribution in [2.24, 2.45) is 0 Å². The van der Waals surface area contributed by atoms with Crippen molar-refractivity contribution in [3.63, 3.8) is 0 Å². The number of hydrogen-bond donors (Lipinski definition) is 2. The second-order valence-electron chi connectivity index (χ2n) is 8.07. The molecule has 7 nitrogen and oxygen atoms in total. The van der Waals surface area contributed by atoms with E-state index in [4.69, 9.17) is 9.47 Å². The first-order chi connectivity index (χ1) is 15.1. The number of benzene rings is 2. The number of amides is 2. The molecule has 3 aliphatic heterocycles. The average molecular weight is 440 g/mol. The minimum absolute atomic E-state index is 0.00448. The summed E-state index contributed by atoms with van der Waals surface area (Å²) in [5.74, 6) is 2.28. The number of carbonyl (C=O) groups excluding carboxylic acids is 2. The van der Waals surface area contributed by atoms with E-state index in [0.717, 1.165) is 41.2 Å². The van der Waals surface area contributed by atoms with E-state index in [2.05, 4.69) is 10.6 Å². The SMILES string of the molecule is O=C(NCc1ccc2c(c1)OCO2)C1CSC2(CCN(C(=O)c3ccccc3)CC2)N1. The maximum atomic E-state index is 12.7. The Kier molecular flexibility index (Phi) is 5.50. The molecule has 1 atom stereocenters. The van der Waals surface area contributed by atoms with Crippen molar-refractivity contribution >= 4 is 23.6 Å². The molecule has 5 rings (SSSR count). The lowest BCUT2D eigenvalue weighted by molar-refractivity contribution is -0.122. The number of nitrogens with zero attached hydrogens (tertiary/aromatic N) is 1. The number of carbonyl (C=O) groups is 2. The van der Waals surface area contributed by atoms with Crippen molar-refractivity contribution < 1.29 is 19.1 Å². The Balaban J connectivity index is 1.12. The van der Waals surface area contributed by atoms with Gasteiger partial charge in [-0.1, -0.05) is 24.3 Å². The Labute approximate surface area is 185 Å². The monoisotopic (exact) mass is 439 g/mol. The van der Waals surface area contributed by atoms with Gasteiger partial charge in [0.2, 0.25) is 12.7 Å². The number of hydrogen-bond acceptors (Lipinski definition) is 6. The number of nitrogens with one attached hydrogen (secondary N) is 2. The summed E-state index contributed by atoms with van der Waals surface area (Å²) >= 11 is 1.80. The third kappa shape index (κ3) is 4.22. The molecule has 0 aromatic heterocycles. The Morgan fingerprint density at radius 3 is 2.68 bits per heavy atom. The highest BCUT2D eigenvalue weighted by Gasteiger charge is 2.44. The van der Waals surface area contributed by atoms with Gasteiger partial charge in [-0.2, -0.15) is 0 Å². The van der Waals surface area contributed by atoms with E-state index < -0.39 is 0 Å². The largest absolute Gasteiger partial charge is 0.454 e. The van der Waals surface area contributed by atoms with Gasteiger partial charge in [-0.3, -0.25) is 14.9 Å². The van der Waals surface area contributed by atoms with Crippen LogP contribution in [0.3, 0.4) is 0 Å². The van der Waals surface area contributed by atoms with Crippen LogP contribution in [0.5, 0.6) is 11.5 Å².